The topological polar surface area (TPSA) is 81.8 Å². The molecule has 0 fully saturated rings. The number of hydrogen-bond donors (Lipinski definition) is 0. The Morgan fingerprint density at radius 3 is 1.84 bits per heavy atom. The molecule has 0 aliphatic heterocycles. The SMILES string of the molecule is CCOC(=O)[C@@H](N=C(c1ccccc1)c1ccccc1)[C@@H](C[N+](=O)[O-])c1ccccc1. The normalized spacial score (nSPS) is 12.4. The predicted octanol–water partition coefficient (Wildman–Crippen LogP) is 4.52. The fourth-order valence-electron chi connectivity index (χ4n) is 3.43. The lowest BCUT2D eigenvalue weighted by Gasteiger charge is -2.22. The fourth-order valence-corrected chi connectivity index (χ4v) is 3.43. The summed E-state index contributed by atoms with van der Waals surface area (Å²) in [4.78, 5) is 28.9. The lowest BCUT2D eigenvalue weighted by molar-refractivity contribution is -0.483. The highest BCUT2D eigenvalue weighted by atomic mass is 16.6. The van der Waals surface area contributed by atoms with Crippen LogP contribution in [-0.4, -0.2) is 35.8 Å². The fraction of sp³-hybridized carbons (Fsp3) is 0.200. The summed E-state index contributed by atoms with van der Waals surface area (Å²) >= 11 is 0. The van der Waals surface area contributed by atoms with Crippen molar-refractivity contribution < 1.29 is 14.5 Å². The largest absolute Gasteiger partial charge is 0.464 e. The van der Waals surface area contributed by atoms with Gasteiger partial charge < -0.3 is 4.74 Å². The molecule has 0 saturated heterocycles. The van der Waals surface area contributed by atoms with Gasteiger partial charge in [-0.3, -0.25) is 15.1 Å². The molecule has 31 heavy (non-hydrogen) atoms. The monoisotopic (exact) mass is 416 g/mol. The molecule has 3 rings (SSSR count). The molecule has 3 aromatic rings. The lowest BCUT2D eigenvalue weighted by atomic mass is 9.91. The summed E-state index contributed by atoms with van der Waals surface area (Å²) in [5.41, 5.74) is 2.89. The maximum absolute atomic E-state index is 13.0. The van der Waals surface area contributed by atoms with Gasteiger partial charge >= 0.3 is 5.97 Å². The smallest absolute Gasteiger partial charge is 0.331 e. The van der Waals surface area contributed by atoms with E-state index in [-0.39, 0.29) is 6.61 Å². The van der Waals surface area contributed by atoms with E-state index in [9.17, 15) is 14.9 Å². The van der Waals surface area contributed by atoms with Crippen molar-refractivity contribution in [2.75, 3.05) is 13.2 Å². The number of hydrogen-bond acceptors (Lipinski definition) is 5. The molecule has 158 valence electrons. The van der Waals surface area contributed by atoms with Gasteiger partial charge in [-0.2, -0.15) is 0 Å². The molecule has 0 bridgehead atoms. The molecule has 6 heteroatoms. The zero-order valence-electron chi connectivity index (χ0n) is 17.3. The Kier molecular flexibility index (Phi) is 7.65. The summed E-state index contributed by atoms with van der Waals surface area (Å²) in [5.74, 6) is -1.35. The highest BCUT2D eigenvalue weighted by molar-refractivity contribution is 6.13. The molecule has 2 atom stereocenters. The van der Waals surface area contributed by atoms with Crippen molar-refractivity contribution in [1.82, 2.24) is 0 Å². The number of aliphatic imine (C=N–C) groups is 1. The first-order valence-electron chi connectivity index (χ1n) is 10.1. The molecule has 0 unspecified atom stereocenters. The lowest BCUT2D eigenvalue weighted by Crippen LogP contribution is -2.34. The molecule has 0 aliphatic rings. The maximum atomic E-state index is 13.0. The van der Waals surface area contributed by atoms with Gasteiger partial charge in [0.05, 0.1) is 18.2 Å². The van der Waals surface area contributed by atoms with Crippen molar-refractivity contribution in [3.8, 4) is 0 Å². The minimum Gasteiger partial charge on any atom is -0.464 e. The van der Waals surface area contributed by atoms with Gasteiger partial charge in [0.15, 0.2) is 6.04 Å². The van der Waals surface area contributed by atoms with Crippen LogP contribution in [-0.2, 0) is 9.53 Å². The molecule has 0 heterocycles. The van der Waals surface area contributed by atoms with Gasteiger partial charge in [0.1, 0.15) is 0 Å². The van der Waals surface area contributed by atoms with Crippen molar-refractivity contribution in [3.05, 3.63) is 118 Å². The maximum Gasteiger partial charge on any atom is 0.331 e. The zero-order chi connectivity index (χ0) is 22.1. The molecule has 0 saturated carbocycles. The van der Waals surface area contributed by atoms with Crippen LogP contribution in [0.1, 0.15) is 29.5 Å². The Balaban J connectivity index is 2.17. The summed E-state index contributed by atoms with van der Waals surface area (Å²) in [6.07, 6.45) is 0. The quantitative estimate of drug-likeness (QED) is 0.222. The van der Waals surface area contributed by atoms with E-state index in [1.165, 1.54) is 0 Å². The number of carbonyl (C=O) groups is 1. The molecule has 0 aliphatic carbocycles. The van der Waals surface area contributed by atoms with E-state index in [1.54, 1.807) is 31.2 Å². The van der Waals surface area contributed by atoms with E-state index in [2.05, 4.69) is 0 Å². The molecule has 3 aromatic carbocycles. The van der Waals surface area contributed by atoms with Gasteiger partial charge in [0.2, 0.25) is 6.54 Å². The average molecular weight is 416 g/mol. The summed E-state index contributed by atoms with van der Waals surface area (Å²) in [7, 11) is 0. The second-order valence-corrected chi connectivity index (χ2v) is 6.94. The number of nitro groups is 1. The number of nitrogens with zero attached hydrogens (tertiary/aromatic N) is 2. The number of esters is 1. The number of ether oxygens (including phenoxy) is 1. The molecular formula is C25H24N2O4. The van der Waals surface area contributed by atoms with E-state index in [0.717, 1.165) is 11.1 Å². The third-order valence-corrected chi connectivity index (χ3v) is 4.85. The van der Waals surface area contributed by atoms with Crippen LogP contribution >= 0.6 is 0 Å². The first-order chi connectivity index (χ1) is 15.1. The van der Waals surface area contributed by atoms with Crippen molar-refractivity contribution in [3.63, 3.8) is 0 Å². The minimum absolute atomic E-state index is 0.164. The third-order valence-electron chi connectivity index (χ3n) is 4.85. The van der Waals surface area contributed by atoms with E-state index >= 15 is 0 Å². The highest BCUT2D eigenvalue weighted by Crippen LogP contribution is 2.26. The number of rotatable bonds is 9. The van der Waals surface area contributed by atoms with Crippen molar-refractivity contribution >= 4 is 11.7 Å². The number of benzene rings is 3. The molecule has 0 spiro atoms. The molecule has 0 aromatic heterocycles. The van der Waals surface area contributed by atoms with Gasteiger partial charge in [0, 0.05) is 16.1 Å². The number of carbonyl (C=O) groups excluding carboxylic acids is 1. The minimum atomic E-state index is -1.07. The van der Waals surface area contributed by atoms with Gasteiger partial charge in [0.25, 0.3) is 0 Å². The van der Waals surface area contributed by atoms with Crippen LogP contribution in [0, 0.1) is 10.1 Å². The van der Waals surface area contributed by atoms with E-state index in [1.807, 2.05) is 66.7 Å². The average Bonchev–Trinajstić information content (AvgIpc) is 2.80. The molecule has 6 nitrogen and oxygen atoms in total. The van der Waals surface area contributed by atoms with Crippen molar-refractivity contribution in [2.45, 2.75) is 18.9 Å². The standard InChI is InChI=1S/C25H24N2O4/c1-2-31-25(28)24(22(18-27(29)30)19-12-6-3-7-13-19)26-23(20-14-8-4-9-15-20)21-16-10-5-11-17-21/h3-17,22,24H,2,18H2,1H3/t22-,24-/m0/s1. The van der Waals surface area contributed by atoms with Gasteiger partial charge in [-0.25, -0.2) is 4.79 Å². The second kappa shape index (κ2) is 10.8. The Bertz CT molecular complexity index is 980. The van der Waals surface area contributed by atoms with Crippen molar-refractivity contribution in [1.29, 1.82) is 0 Å². The first-order valence-corrected chi connectivity index (χ1v) is 10.1. The Labute approximate surface area is 181 Å². The highest BCUT2D eigenvalue weighted by Gasteiger charge is 2.35. The summed E-state index contributed by atoms with van der Waals surface area (Å²) in [6.45, 7) is 1.43. The van der Waals surface area contributed by atoms with Gasteiger partial charge in [-0.05, 0) is 12.5 Å². The second-order valence-electron chi connectivity index (χ2n) is 6.94. The summed E-state index contributed by atoms with van der Waals surface area (Å²) in [6, 6.07) is 26.9. The summed E-state index contributed by atoms with van der Waals surface area (Å²) < 4.78 is 5.29. The van der Waals surface area contributed by atoms with Crippen LogP contribution in [0.15, 0.2) is 96.0 Å². The Morgan fingerprint density at radius 2 is 1.39 bits per heavy atom. The van der Waals surface area contributed by atoms with Crippen molar-refractivity contribution in [2.24, 2.45) is 4.99 Å². The summed E-state index contributed by atoms with van der Waals surface area (Å²) in [5, 5.41) is 11.5. The van der Waals surface area contributed by atoms with E-state index < -0.39 is 29.4 Å². The van der Waals surface area contributed by atoms with Crippen LogP contribution in [0.3, 0.4) is 0 Å². The van der Waals surface area contributed by atoms with Crippen LogP contribution in [0.4, 0.5) is 0 Å². The Morgan fingerprint density at radius 1 is 0.903 bits per heavy atom. The molecule has 0 radical (unpaired) electrons. The van der Waals surface area contributed by atoms with Crippen LogP contribution < -0.4 is 0 Å². The zero-order valence-corrected chi connectivity index (χ0v) is 17.3. The van der Waals surface area contributed by atoms with Crippen LogP contribution in [0.2, 0.25) is 0 Å². The van der Waals surface area contributed by atoms with E-state index in [0.29, 0.717) is 11.3 Å². The molecule has 0 amide bonds. The van der Waals surface area contributed by atoms with Gasteiger partial charge in [-0.1, -0.05) is 91.0 Å². The van der Waals surface area contributed by atoms with E-state index in [4.69, 9.17) is 9.73 Å². The Hall–Kier alpha value is -3.80. The molecule has 0 N–H and O–H groups in total. The predicted molar refractivity (Wildman–Crippen MR) is 120 cm³/mol. The molecular weight excluding hydrogens is 392 g/mol. The van der Waals surface area contributed by atoms with Crippen LogP contribution in [0.5, 0.6) is 0 Å². The van der Waals surface area contributed by atoms with Gasteiger partial charge in [-0.15, -0.1) is 0 Å². The van der Waals surface area contributed by atoms with Crippen LogP contribution in [0.25, 0.3) is 0 Å². The third kappa shape index (κ3) is 5.85. The first kappa shape index (κ1) is 21.9.